The molecule has 0 bridgehead atoms. The van der Waals surface area contributed by atoms with Gasteiger partial charge in [0.05, 0.1) is 17.6 Å². The lowest BCUT2D eigenvalue weighted by Crippen LogP contribution is -2.42. The monoisotopic (exact) mass is 423 g/mol. The molecule has 1 atom stereocenters. The second-order valence-electron chi connectivity index (χ2n) is 7.24. The highest BCUT2D eigenvalue weighted by atomic mass is 32.2. The first kappa shape index (κ1) is 19.9. The van der Waals surface area contributed by atoms with Crippen molar-refractivity contribution < 1.29 is 21.6 Å². The second kappa shape index (κ2) is 7.16. The van der Waals surface area contributed by atoms with Gasteiger partial charge >= 0.3 is 6.18 Å². The predicted octanol–water partition coefficient (Wildman–Crippen LogP) is 3.16. The number of nitrogens with zero attached hydrogens (tertiary/aromatic N) is 1. The normalized spacial score (nSPS) is 17.4. The quantitative estimate of drug-likeness (QED) is 0.677. The Morgan fingerprint density at radius 1 is 1.14 bits per heavy atom. The van der Waals surface area contributed by atoms with Gasteiger partial charge in [-0.15, -0.1) is 0 Å². The van der Waals surface area contributed by atoms with Gasteiger partial charge in [-0.05, 0) is 35.6 Å². The molecular formula is C20H20F3N3O2S. The Bertz CT molecular complexity index is 1160. The van der Waals surface area contributed by atoms with Crippen LogP contribution in [0.2, 0.25) is 0 Å². The molecule has 0 radical (unpaired) electrons. The van der Waals surface area contributed by atoms with Crippen LogP contribution in [0.4, 0.5) is 13.2 Å². The van der Waals surface area contributed by atoms with Gasteiger partial charge in [-0.1, -0.05) is 36.4 Å². The van der Waals surface area contributed by atoms with E-state index in [1.54, 1.807) is 6.07 Å². The number of benzene rings is 2. The number of nitrogens with one attached hydrogen (secondary N) is 1. The molecular weight excluding hydrogens is 403 g/mol. The minimum atomic E-state index is -4.52. The van der Waals surface area contributed by atoms with Crippen molar-refractivity contribution in [1.29, 1.82) is 0 Å². The van der Waals surface area contributed by atoms with Gasteiger partial charge in [-0.25, -0.2) is 13.6 Å². The first-order chi connectivity index (χ1) is 13.6. The number of rotatable bonds is 4. The van der Waals surface area contributed by atoms with Crippen molar-refractivity contribution in [2.24, 2.45) is 5.14 Å². The van der Waals surface area contributed by atoms with Gasteiger partial charge in [0.15, 0.2) is 0 Å². The van der Waals surface area contributed by atoms with E-state index >= 15 is 0 Å². The number of nitrogens with two attached hydrogens (primary N) is 1. The summed E-state index contributed by atoms with van der Waals surface area (Å²) in [6.07, 6.45) is -2.32. The molecule has 0 saturated carbocycles. The summed E-state index contributed by atoms with van der Waals surface area (Å²) in [6, 6.07) is 12.3. The first-order valence-electron chi connectivity index (χ1n) is 9.14. The third-order valence-electron chi connectivity index (χ3n) is 5.30. The fourth-order valence-corrected chi connectivity index (χ4v) is 4.67. The fraction of sp³-hybridized carbons (Fsp3) is 0.300. The van der Waals surface area contributed by atoms with Crippen LogP contribution < -0.4 is 10.5 Å². The third kappa shape index (κ3) is 3.90. The molecule has 2 aromatic carbocycles. The Labute approximate surface area is 166 Å². The van der Waals surface area contributed by atoms with Crippen LogP contribution in [0.3, 0.4) is 0 Å². The molecule has 1 aliphatic rings. The van der Waals surface area contributed by atoms with Crippen molar-refractivity contribution in [2.45, 2.75) is 37.5 Å². The van der Waals surface area contributed by atoms with Crippen LogP contribution in [-0.4, -0.2) is 18.4 Å². The van der Waals surface area contributed by atoms with Gasteiger partial charge < -0.3 is 4.57 Å². The summed E-state index contributed by atoms with van der Waals surface area (Å²) >= 11 is 0. The molecule has 154 valence electrons. The van der Waals surface area contributed by atoms with E-state index in [1.807, 2.05) is 30.3 Å². The summed E-state index contributed by atoms with van der Waals surface area (Å²) in [5.74, 6) is 0. The summed E-state index contributed by atoms with van der Waals surface area (Å²) < 4.78 is 67.1. The number of hydrogen-bond donors (Lipinski definition) is 2. The molecule has 0 aliphatic carbocycles. The highest BCUT2D eigenvalue weighted by Gasteiger charge is 2.37. The fourth-order valence-electron chi connectivity index (χ4n) is 3.99. The number of alkyl halides is 3. The molecule has 3 aromatic rings. The van der Waals surface area contributed by atoms with E-state index in [0.717, 1.165) is 5.56 Å². The molecule has 0 fully saturated rings. The summed E-state index contributed by atoms with van der Waals surface area (Å²) in [5, 5.41) is 7.16. The number of aryl methyl sites for hydroxylation is 2. The number of sulfonamides is 1. The zero-order chi connectivity index (χ0) is 20.8. The van der Waals surface area contributed by atoms with E-state index in [9.17, 15) is 21.6 Å². The average molecular weight is 423 g/mol. The van der Waals surface area contributed by atoms with E-state index in [2.05, 4.69) is 5.32 Å². The van der Waals surface area contributed by atoms with Crippen molar-refractivity contribution in [3.8, 4) is 0 Å². The molecule has 29 heavy (non-hydrogen) atoms. The minimum Gasteiger partial charge on any atom is -0.345 e. The van der Waals surface area contributed by atoms with Crippen molar-refractivity contribution in [2.75, 3.05) is 0 Å². The lowest BCUT2D eigenvalue weighted by atomic mass is 9.94. The Hall–Kier alpha value is -2.36. The summed E-state index contributed by atoms with van der Waals surface area (Å²) in [6.45, 7) is 0.0775. The first-order valence-corrected chi connectivity index (χ1v) is 10.8. The summed E-state index contributed by atoms with van der Waals surface area (Å²) in [7, 11) is -3.89. The largest absolute Gasteiger partial charge is 0.417 e. The van der Waals surface area contributed by atoms with Crippen LogP contribution in [-0.2, 0) is 42.1 Å². The number of aromatic nitrogens is 1. The Morgan fingerprint density at radius 2 is 1.86 bits per heavy atom. The summed E-state index contributed by atoms with van der Waals surface area (Å²) in [4.78, 5) is 0. The Morgan fingerprint density at radius 3 is 2.52 bits per heavy atom. The van der Waals surface area contributed by atoms with Gasteiger partial charge in [0.2, 0.25) is 10.0 Å². The lowest BCUT2D eigenvalue weighted by Gasteiger charge is -2.17. The molecule has 1 aromatic heterocycles. The van der Waals surface area contributed by atoms with E-state index in [-0.39, 0.29) is 30.5 Å². The number of primary sulfonamides is 1. The van der Waals surface area contributed by atoms with Crippen molar-refractivity contribution in [3.63, 3.8) is 0 Å². The van der Waals surface area contributed by atoms with Crippen LogP contribution >= 0.6 is 0 Å². The summed E-state index contributed by atoms with van der Waals surface area (Å²) in [5.41, 5.74) is 1.54. The minimum absolute atomic E-state index is 0.0456. The van der Waals surface area contributed by atoms with Crippen molar-refractivity contribution in [3.05, 3.63) is 70.9 Å². The zero-order valence-electron chi connectivity index (χ0n) is 15.4. The Balaban J connectivity index is 1.82. The number of hydrogen-bond acceptors (Lipinski definition) is 3. The van der Waals surface area contributed by atoms with Gasteiger partial charge in [0, 0.05) is 18.1 Å². The molecule has 9 heteroatoms. The van der Waals surface area contributed by atoms with Crippen LogP contribution in [0.1, 0.15) is 22.3 Å². The van der Waals surface area contributed by atoms with Crippen LogP contribution in [0, 0.1) is 0 Å². The molecule has 5 nitrogen and oxygen atoms in total. The lowest BCUT2D eigenvalue weighted by molar-refractivity contribution is -0.136. The zero-order valence-corrected chi connectivity index (χ0v) is 16.2. The standard InChI is InChI=1S/C20H20F3N3O2S/c21-20(22,23)18-14(7-6-13-4-2-1-3-5-13)10-15-11-25-17(29(24,27)28)12-26-9-8-16(18)19(15)26/h1-5,8-10,17,25H,6-7,11-12H2,(H2,24,27,28). The molecule has 1 unspecified atom stereocenters. The van der Waals surface area contributed by atoms with Gasteiger partial charge in [-0.3, -0.25) is 5.32 Å². The highest BCUT2D eigenvalue weighted by molar-refractivity contribution is 7.89. The van der Waals surface area contributed by atoms with E-state index in [0.29, 0.717) is 17.5 Å². The molecule has 4 rings (SSSR count). The molecule has 1 aliphatic heterocycles. The van der Waals surface area contributed by atoms with Crippen LogP contribution in [0.5, 0.6) is 0 Å². The van der Waals surface area contributed by atoms with Crippen molar-refractivity contribution in [1.82, 2.24) is 9.88 Å². The maximum atomic E-state index is 14.0. The predicted molar refractivity (Wildman–Crippen MR) is 105 cm³/mol. The van der Waals surface area contributed by atoms with Gasteiger partial charge in [0.25, 0.3) is 0 Å². The smallest absolute Gasteiger partial charge is 0.345 e. The number of halogens is 3. The Kier molecular flexibility index (Phi) is 4.92. The van der Waals surface area contributed by atoms with Gasteiger partial charge in [0.1, 0.15) is 5.37 Å². The molecule has 0 saturated heterocycles. The van der Waals surface area contributed by atoms with E-state index in [4.69, 9.17) is 5.14 Å². The van der Waals surface area contributed by atoms with E-state index < -0.39 is 27.1 Å². The van der Waals surface area contributed by atoms with Crippen LogP contribution in [0.25, 0.3) is 10.9 Å². The second-order valence-corrected chi connectivity index (χ2v) is 8.99. The van der Waals surface area contributed by atoms with Crippen molar-refractivity contribution >= 4 is 20.9 Å². The SMILES string of the molecule is NS(=O)(=O)C1Cn2ccc3c(C(F)(F)F)c(CCc4ccccc4)cc(c32)CN1. The maximum absolute atomic E-state index is 14.0. The van der Waals surface area contributed by atoms with Crippen LogP contribution in [0.15, 0.2) is 48.7 Å². The maximum Gasteiger partial charge on any atom is 0.417 e. The molecule has 0 spiro atoms. The molecule has 0 amide bonds. The molecule has 3 N–H and O–H groups in total. The van der Waals surface area contributed by atoms with Gasteiger partial charge in [-0.2, -0.15) is 13.2 Å². The highest BCUT2D eigenvalue weighted by Crippen LogP contribution is 2.40. The average Bonchev–Trinajstić information content (AvgIpc) is 2.95. The topological polar surface area (TPSA) is 77.1 Å². The van der Waals surface area contributed by atoms with E-state index in [1.165, 1.54) is 16.8 Å². The third-order valence-corrected chi connectivity index (χ3v) is 6.40. The molecule has 2 heterocycles.